The molecule has 2 saturated heterocycles. The van der Waals surface area contributed by atoms with E-state index in [-0.39, 0.29) is 25.4 Å². The van der Waals surface area contributed by atoms with Gasteiger partial charge in [-0.3, -0.25) is 4.79 Å². The van der Waals surface area contributed by atoms with E-state index in [1.54, 1.807) is 41.6 Å². The molecule has 0 radical (unpaired) electrons. The highest BCUT2D eigenvalue weighted by atomic mass is 19.1. The first-order valence-corrected chi connectivity index (χ1v) is 10.1. The number of ether oxygens (including phenoxy) is 4. The number of piperidine rings is 1. The Labute approximate surface area is 180 Å². The second-order valence-electron chi connectivity index (χ2n) is 8.25. The number of halogens is 1. The van der Waals surface area contributed by atoms with Crippen molar-refractivity contribution in [2.45, 2.75) is 37.6 Å². The van der Waals surface area contributed by atoms with Gasteiger partial charge < -0.3 is 23.8 Å². The van der Waals surface area contributed by atoms with Crippen molar-refractivity contribution >= 4 is 5.91 Å². The number of amides is 1. The molecule has 4 rings (SSSR count). The lowest BCUT2D eigenvalue weighted by molar-refractivity contribution is -0.0503. The number of likely N-dealkylation sites (tertiary alicyclic amines) is 1. The lowest BCUT2D eigenvalue weighted by Crippen LogP contribution is -2.54. The fourth-order valence-corrected chi connectivity index (χ4v) is 3.85. The van der Waals surface area contributed by atoms with Gasteiger partial charge >= 0.3 is 0 Å². The second kappa shape index (κ2) is 8.39. The summed E-state index contributed by atoms with van der Waals surface area (Å²) in [6.07, 6.45) is 3.52. The molecule has 166 valence electrons. The molecule has 3 heterocycles. The van der Waals surface area contributed by atoms with Crippen LogP contribution in [0.3, 0.4) is 0 Å². The summed E-state index contributed by atoms with van der Waals surface area (Å²) in [6, 6.07) is 6.63. The molecule has 0 aliphatic carbocycles. The highest BCUT2D eigenvalue weighted by molar-refractivity contribution is 5.95. The van der Waals surface area contributed by atoms with E-state index in [1.165, 1.54) is 21.0 Å². The number of hydrogen-bond donors (Lipinski definition) is 0. The topological polar surface area (TPSA) is 83.0 Å². The van der Waals surface area contributed by atoms with Gasteiger partial charge in [-0.15, -0.1) is 0 Å². The van der Waals surface area contributed by atoms with Crippen LogP contribution in [0.5, 0.6) is 11.5 Å². The number of hydrogen-bond acceptors (Lipinski definition) is 7. The van der Waals surface area contributed by atoms with Gasteiger partial charge in [-0.25, -0.2) is 14.4 Å². The van der Waals surface area contributed by atoms with E-state index in [2.05, 4.69) is 9.97 Å². The van der Waals surface area contributed by atoms with E-state index < -0.39 is 11.3 Å². The highest BCUT2D eigenvalue weighted by Gasteiger charge is 2.53. The SMILES string of the molecule is COc1cc(C(=O)N2CC[C@@]3(c4ncccn4)OCOC3C2)ccc1OCC(C)(C)F. The number of rotatable bonds is 6. The summed E-state index contributed by atoms with van der Waals surface area (Å²) in [5, 5.41) is 0. The molecule has 8 nitrogen and oxygen atoms in total. The standard InChI is InChI=1S/C22H26FN3O5/c1-21(2,23)13-29-16-6-5-15(11-17(16)28-3)19(27)26-10-7-22(18(12-26)30-14-31-22)20-24-8-4-9-25-20/h4-6,8-9,11,18H,7,10,12-14H2,1-3H3/t18?,22-/m1/s1. The smallest absolute Gasteiger partial charge is 0.254 e. The van der Waals surface area contributed by atoms with Crippen LogP contribution in [0.25, 0.3) is 0 Å². The van der Waals surface area contributed by atoms with Crippen LogP contribution < -0.4 is 9.47 Å². The molecule has 1 aromatic heterocycles. The van der Waals surface area contributed by atoms with Crippen molar-refractivity contribution in [1.82, 2.24) is 14.9 Å². The van der Waals surface area contributed by atoms with Gasteiger partial charge in [0, 0.05) is 30.9 Å². The van der Waals surface area contributed by atoms with E-state index in [4.69, 9.17) is 18.9 Å². The molecule has 0 saturated carbocycles. The average molecular weight is 431 g/mol. The zero-order valence-electron chi connectivity index (χ0n) is 17.8. The summed E-state index contributed by atoms with van der Waals surface area (Å²) in [4.78, 5) is 23.6. The van der Waals surface area contributed by atoms with Gasteiger partial charge in [-0.05, 0) is 38.1 Å². The van der Waals surface area contributed by atoms with Crippen molar-refractivity contribution in [2.24, 2.45) is 0 Å². The highest BCUT2D eigenvalue weighted by Crippen LogP contribution is 2.41. The minimum atomic E-state index is -1.48. The zero-order chi connectivity index (χ0) is 22.1. The lowest BCUT2D eigenvalue weighted by Gasteiger charge is -2.40. The third kappa shape index (κ3) is 4.33. The van der Waals surface area contributed by atoms with E-state index >= 15 is 0 Å². The number of nitrogens with zero attached hydrogens (tertiary/aromatic N) is 3. The Balaban J connectivity index is 1.49. The van der Waals surface area contributed by atoms with Crippen LogP contribution >= 0.6 is 0 Å². The molecule has 1 amide bonds. The summed E-state index contributed by atoms with van der Waals surface area (Å²) in [6.45, 7) is 3.70. The molecule has 2 aliphatic heterocycles. The molecule has 2 atom stereocenters. The molecule has 31 heavy (non-hydrogen) atoms. The monoisotopic (exact) mass is 431 g/mol. The average Bonchev–Trinajstić information content (AvgIpc) is 3.21. The van der Waals surface area contributed by atoms with Crippen molar-refractivity contribution in [2.75, 3.05) is 33.6 Å². The molecular weight excluding hydrogens is 405 g/mol. The number of aromatic nitrogens is 2. The predicted molar refractivity (Wildman–Crippen MR) is 109 cm³/mol. The second-order valence-corrected chi connectivity index (χ2v) is 8.25. The molecule has 0 spiro atoms. The number of carbonyl (C=O) groups is 1. The Hall–Kier alpha value is -2.78. The van der Waals surface area contributed by atoms with Crippen LogP contribution in [-0.2, 0) is 15.1 Å². The Bertz CT molecular complexity index is 936. The van der Waals surface area contributed by atoms with Gasteiger partial charge in [0.25, 0.3) is 5.91 Å². The largest absolute Gasteiger partial charge is 0.493 e. The molecular formula is C22H26FN3O5. The van der Waals surface area contributed by atoms with E-state index in [0.29, 0.717) is 42.4 Å². The van der Waals surface area contributed by atoms with Crippen molar-refractivity contribution in [1.29, 1.82) is 0 Å². The van der Waals surface area contributed by atoms with Gasteiger partial charge in [0.2, 0.25) is 0 Å². The maximum atomic E-state index is 13.8. The quantitative estimate of drug-likeness (QED) is 0.695. The van der Waals surface area contributed by atoms with Crippen LogP contribution in [0.15, 0.2) is 36.7 Å². The van der Waals surface area contributed by atoms with Gasteiger partial charge in [0.05, 0.1) is 13.7 Å². The predicted octanol–water partition coefficient (Wildman–Crippen LogP) is 2.73. The van der Waals surface area contributed by atoms with Crippen LogP contribution in [-0.4, -0.2) is 66.1 Å². The lowest BCUT2D eigenvalue weighted by atomic mass is 9.87. The Morgan fingerprint density at radius 1 is 1.32 bits per heavy atom. The number of alkyl halides is 1. The van der Waals surface area contributed by atoms with Crippen LogP contribution in [0.1, 0.15) is 36.5 Å². The molecule has 1 unspecified atom stereocenters. The minimum Gasteiger partial charge on any atom is -0.493 e. The van der Waals surface area contributed by atoms with Gasteiger partial charge in [0.15, 0.2) is 22.9 Å². The Morgan fingerprint density at radius 3 is 2.81 bits per heavy atom. The number of methoxy groups -OCH3 is 1. The number of carbonyl (C=O) groups excluding carboxylic acids is 1. The molecule has 1 aromatic carbocycles. The van der Waals surface area contributed by atoms with E-state index in [1.807, 2.05) is 0 Å². The van der Waals surface area contributed by atoms with Crippen LogP contribution in [0.2, 0.25) is 0 Å². The summed E-state index contributed by atoms with van der Waals surface area (Å²) < 4.78 is 36.3. The van der Waals surface area contributed by atoms with Crippen molar-refractivity contribution in [3.05, 3.63) is 48.0 Å². The van der Waals surface area contributed by atoms with Gasteiger partial charge in [0.1, 0.15) is 25.2 Å². The van der Waals surface area contributed by atoms with Crippen molar-refractivity contribution < 1.29 is 28.1 Å². The maximum Gasteiger partial charge on any atom is 0.254 e. The Morgan fingerprint density at radius 2 is 2.10 bits per heavy atom. The first-order valence-electron chi connectivity index (χ1n) is 10.1. The third-order valence-electron chi connectivity index (χ3n) is 5.46. The molecule has 2 aromatic rings. The maximum absolute atomic E-state index is 13.8. The fourth-order valence-electron chi connectivity index (χ4n) is 3.85. The number of fused-ring (bicyclic) bond motifs is 1. The van der Waals surface area contributed by atoms with Gasteiger partial charge in [-0.2, -0.15) is 0 Å². The third-order valence-corrected chi connectivity index (χ3v) is 5.46. The van der Waals surface area contributed by atoms with E-state index in [9.17, 15) is 9.18 Å². The molecule has 2 fully saturated rings. The summed E-state index contributed by atoms with van der Waals surface area (Å²) in [7, 11) is 1.48. The van der Waals surface area contributed by atoms with Crippen LogP contribution in [0, 0.1) is 0 Å². The normalized spacial score (nSPS) is 23.4. The molecule has 0 N–H and O–H groups in total. The first kappa shape index (κ1) is 21.5. The molecule has 2 aliphatic rings. The van der Waals surface area contributed by atoms with Crippen LogP contribution in [0.4, 0.5) is 4.39 Å². The minimum absolute atomic E-state index is 0.120. The Kier molecular flexibility index (Phi) is 5.81. The summed E-state index contributed by atoms with van der Waals surface area (Å²) in [5.41, 5.74) is -1.77. The molecule has 0 bridgehead atoms. The fraction of sp³-hybridized carbons (Fsp3) is 0.500. The summed E-state index contributed by atoms with van der Waals surface area (Å²) >= 11 is 0. The van der Waals surface area contributed by atoms with Crippen molar-refractivity contribution in [3.8, 4) is 11.5 Å². The van der Waals surface area contributed by atoms with E-state index in [0.717, 1.165) is 0 Å². The first-order chi connectivity index (χ1) is 14.8. The van der Waals surface area contributed by atoms with Gasteiger partial charge in [-0.1, -0.05) is 0 Å². The molecule has 9 heteroatoms. The number of benzene rings is 1. The zero-order valence-corrected chi connectivity index (χ0v) is 17.8. The summed E-state index contributed by atoms with van der Waals surface area (Å²) in [5.74, 6) is 1.17. The van der Waals surface area contributed by atoms with Crippen molar-refractivity contribution in [3.63, 3.8) is 0 Å².